The van der Waals surface area contributed by atoms with Crippen molar-refractivity contribution >= 4 is 21.8 Å². The predicted octanol–water partition coefficient (Wildman–Crippen LogP) is 2.51. The Kier molecular flexibility index (Phi) is 3.56. The zero-order valence-electron chi connectivity index (χ0n) is 10.5. The number of amides is 1. The van der Waals surface area contributed by atoms with Gasteiger partial charge in [0.2, 0.25) is 0 Å². The highest BCUT2D eigenvalue weighted by Gasteiger charge is 2.28. The van der Waals surface area contributed by atoms with Gasteiger partial charge in [-0.1, -0.05) is 0 Å². The molecule has 4 nitrogen and oxygen atoms in total. The Morgan fingerprint density at radius 2 is 2.18 bits per heavy atom. The van der Waals surface area contributed by atoms with Crippen LogP contribution >= 0.6 is 15.9 Å². The van der Waals surface area contributed by atoms with E-state index >= 15 is 0 Å². The van der Waals surface area contributed by atoms with E-state index in [4.69, 9.17) is 0 Å². The molecule has 0 aliphatic carbocycles. The molecule has 1 aromatic heterocycles. The average Bonchev–Trinajstić information content (AvgIpc) is 2.57. The SMILES string of the molecule is Cc1c(Br)c(C(=O)N2CCCC[C@H]2C)nn1C. The molecule has 2 rings (SSSR count). The minimum Gasteiger partial charge on any atom is -0.335 e. The summed E-state index contributed by atoms with van der Waals surface area (Å²) in [7, 11) is 1.86. The summed E-state index contributed by atoms with van der Waals surface area (Å²) in [6.07, 6.45) is 3.40. The van der Waals surface area contributed by atoms with E-state index in [1.165, 1.54) is 6.42 Å². The van der Waals surface area contributed by atoms with Gasteiger partial charge in [-0.3, -0.25) is 9.48 Å². The molecule has 2 heterocycles. The second-order valence-electron chi connectivity index (χ2n) is 4.71. The van der Waals surface area contributed by atoms with Crippen LogP contribution in [0, 0.1) is 6.92 Å². The zero-order chi connectivity index (χ0) is 12.6. The molecular formula is C12H18BrN3O. The van der Waals surface area contributed by atoms with Crippen LogP contribution in [-0.4, -0.2) is 33.2 Å². The average molecular weight is 300 g/mol. The molecule has 0 unspecified atom stereocenters. The highest BCUT2D eigenvalue weighted by Crippen LogP contribution is 2.24. The Balaban J connectivity index is 2.27. The van der Waals surface area contributed by atoms with Crippen molar-refractivity contribution in [1.82, 2.24) is 14.7 Å². The van der Waals surface area contributed by atoms with Crippen molar-refractivity contribution in [2.24, 2.45) is 7.05 Å². The first kappa shape index (κ1) is 12.6. The number of halogens is 1. The number of likely N-dealkylation sites (tertiary alicyclic amines) is 1. The predicted molar refractivity (Wildman–Crippen MR) is 70.0 cm³/mol. The molecule has 94 valence electrons. The summed E-state index contributed by atoms with van der Waals surface area (Å²) >= 11 is 3.46. The molecule has 0 aromatic carbocycles. The van der Waals surface area contributed by atoms with Gasteiger partial charge in [0.05, 0.1) is 10.2 Å². The molecular weight excluding hydrogens is 282 g/mol. The quantitative estimate of drug-likeness (QED) is 0.799. The van der Waals surface area contributed by atoms with E-state index in [9.17, 15) is 4.79 Å². The lowest BCUT2D eigenvalue weighted by molar-refractivity contribution is 0.0628. The minimum absolute atomic E-state index is 0.0489. The molecule has 5 heteroatoms. The van der Waals surface area contributed by atoms with Gasteiger partial charge in [-0.05, 0) is 49.0 Å². The lowest BCUT2D eigenvalue weighted by Crippen LogP contribution is -2.42. The number of hydrogen-bond acceptors (Lipinski definition) is 2. The molecule has 0 N–H and O–H groups in total. The van der Waals surface area contributed by atoms with Crippen LogP contribution in [0.2, 0.25) is 0 Å². The molecule has 0 saturated carbocycles. The second kappa shape index (κ2) is 4.80. The van der Waals surface area contributed by atoms with Crippen LogP contribution in [0.3, 0.4) is 0 Å². The maximum atomic E-state index is 12.4. The number of carbonyl (C=O) groups is 1. The minimum atomic E-state index is 0.0489. The Labute approximate surface area is 110 Å². The third-order valence-electron chi connectivity index (χ3n) is 3.53. The van der Waals surface area contributed by atoms with Crippen LogP contribution in [0.15, 0.2) is 4.47 Å². The summed E-state index contributed by atoms with van der Waals surface area (Å²) in [5.41, 5.74) is 1.52. The lowest BCUT2D eigenvalue weighted by Gasteiger charge is -2.32. The lowest BCUT2D eigenvalue weighted by atomic mass is 10.0. The molecule has 1 aliphatic rings. The maximum Gasteiger partial charge on any atom is 0.275 e. The third kappa shape index (κ3) is 2.25. The van der Waals surface area contributed by atoms with Crippen LogP contribution in [0.25, 0.3) is 0 Å². The summed E-state index contributed by atoms with van der Waals surface area (Å²) in [4.78, 5) is 14.4. The largest absolute Gasteiger partial charge is 0.335 e. The van der Waals surface area contributed by atoms with Crippen LogP contribution in [0.4, 0.5) is 0 Å². The molecule has 0 spiro atoms. The van der Waals surface area contributed by atoms with Crippen LogP contribution in [0.5, 0.6) is 0 Å². The number of carbonyl (C=O) groups excluding carboxylic acids is 1. The fourth-order valence-corrected chi connectivity index (χ4v) is 2.76. The summed E-state index contributed by atoms with van der Waals surface area (Å²) in [6.45, 7) is 4.91. The number of nitrogens with zero attached hydrogens (tertiary/aromatic N) is 3. The molecule has 0 bridgehead atoms. The fourth-order valence-electron chi connectivity index (χ4n) is 2.25. The smallest absolute Gasteiger partial charge is 0.275 e. The van der Waals surface area contributed by atoms with Gasteiger partial charge in [0.25, 0.3) is 5.91 Å². The van der Waals surface area contributed by atoms with E-state index in [0.29, 0.717) is 11.7 Å². The Hall–Kier alpha value is -0.840. The molecule has 1 fully saturated rings. The topological polar surface area (TPSA) is 38.1 Å². The van der Waals surface area contributed by atoms with Crippen molar-refractivity contribution < 1.29 is 4.79 Å². The van der Waals surface area contributed by atoms with Gasteiger partial charge in [-0.15, -0.1) is 0 Å². The standard InChI is InChI=1S/C12H18BrN3O/c1-8-6-4-5-7-16(8)12(17)11-10(13)9(2)15(3)14-11/h8H,4-7H2,1-3H3/t8-/m1/s1. The molecule has 17 heavy (non-hydrogen) atoms. The fraction of sp³-hybridized carbons (Fsp3) is 0.667. The van der Waals surface area contributed by atoms with Crippen LogP contribution in [0.1, 0.15) is 42.4 Å². The molecule has 1 aromatic rings. The Bertz CT molecular complexity index is 441. The van der Waals surface area contributed by atoms with Gasteiger partial charge >= 0.3 is 0 Å². The maximum absolute atomic E-state index is 12.4. The Morgan fingerprint density at radius 1 is 1.47 bits per heavy atom. The van der Waals surface area contributed by atoms with Gasteiger partial charge in [-0.25, -0.2) is 0 Å². The number of aromatic nitrogens is 2. The molecule has 1 saturated heterocycles. The normalized spacial score (nSPS) is 20.7. The molecule has 1 aliphatic heterocycles. The van der Waals surface area contributed by atoms with Crippen molar-refractivity contribution in [3.63, 3.8) is 0 Å². The molecule has 0 radical (unpaired) electrons. The molecule has 1 atom stereocenters. The summed E-state index contributed by atoms with van der Waals surface area (Å²) in [5.74, 6) is 0.0489. The van der Waals surface area contributed by atoms with Crippen molar-refractivity contribution in [3.8, 4) is 0 Å². The van der Waals surface area contributed by atoms with Crippen molar-refractivity contribution in [3.05, 3.63) is 15.9 Å². The summed E-state index contributed by atoms with van der Waals surface area (Å²) < 4.78 is 2.56. The van der Waals surface area contributed by atoms with E-state index < -0.39 is 0 Å². The van der Waals surface area contributed by atoms with E-state index in [1.54, 1.807) is 4.68 Å². The van der Waals surface area contributed by atoms with E-state index in [1.807, 2.05) is 18.9 Å². The van der Waals surface area contributed by atoms with Crippen molar-refractivity contribution in [2.75, 3.05) is 6.54 Å². The zero-order valence-corrected chi connectivity index (χ0v) is 12.1. The van der Waals surface area contributed by atoms with E-state index in [2.05, 4.69) is 28.0 Å². The number of piperidine rings is 1. The van der Waals surface area contributed by atoms with E-state index in [0.717, 1.165) is 29.6 Å². The Morgan fingerprint density at radius 3 is 2.71 bits per heavy atom. The van der Waals surface area contributed by atoms with Crippen molar-refractivity contribution in [2.45, 2.75) is 39.2 Å². The number of rotatable bonds is 1. The van der Waals surface area contributed by atoms with Crippen LogP contribution < -0.4 is 0 Å². The van der Waals surface area contributed by atoms with Crippen molar-refractivity contribution in [1.29, 1.82) is 0 Å². The first-order valence-corrected chi connectivity index (χ1v) is 6.81. The molecule has 1 amide bonds. The van der Waals surface area contributed by atoms with Gasteiger partial charge in [0.15, 0.2) is 5.69 Å². The summed E-state index contributed by atoms with van der Waals surface area (Å²) in [5, 5.41) is 4.30. The number of aryl methyl sites for hydroxylation is 1. The highest BCUT2D eigenvalue weighted by molar-refractivity contribution is 9.10. The second-order valence-corrected chi connectivity index (χ2v) is 5.51. The third-order valence-corrected chi connectivity index (χ3v) is 4.48. The van der Waals surface area contributed by atoms with Gasteiger partial charge in [-0.2, -0.15) is 5.10 Å². The summed E-state index contributed by atoms with van der Waals surface area (Å²) in [6, 6.07) is 0.325. The number of hydrogen-bond donors (Lipinski definition) is 0. The van der Waals surface area contributed by atoms with Crippen LogP contribution in [-0.2, 0) is 7.05 Å². The van der Waals surface area contributed by atoms with Gasteiger partial charge in [0.1, 0.15) is 0 Å². The first-order chi connectivity index (χ1) is 8.02. The first-order valence-electron chi connectivity index (χ1n) is 6.02. The van der Waals surface area contributed by atoms with Gasteiger partial charge < -0.3 is 4.90 Å². The highest BCUT2D eigenvalue weighted by atomic mass is 79.9. The van der Waals surface area contributed by atoms with Gasteiger partial charge in [0, 0.05) is 19.6 Å². The monoisotopic (exact) mass is 299 g/mol. The van der Waals surface area contributed by atoms with E-state index in [-0.39, 0.29) is 5.91 Å².